The lowest BCUT2D eigenvalue weighted by atomic mass is 10.1. The molecular formula is C8H17N3O4. The Hall–Kier alpha value is -1.18. The van der Waals surface area contributed by atoms with Crippen molar-refractivity contribution >= 4 is 11.9 Å². The van der Waals surface area contributed by atoms with E-state index in [9.17, 15) is 9.59 Å². The zero-order chi connectivity index (χ0) is 11.8. The quantitative estimate of drug-likeness (QED) is 0.376. The summed E-state index contributed by atoms with van der Waals surface area (Å²) >= 11 is 0. The summed E-state index contributed by atoms with van der Waals surface area (Å²) in [4.78, 5) is 22.8. The number of hydrogen-bond donors (Lipinski definition) is 4. The van der Waals surface area contributed by atoms with Gasteiger partial charge in [-0.25, -0.2) is 0 Å². The van der Waals surface area contributed by atoms with Crippen LogP contribution in [0.4, 0.5) is 0 Å². The van der Waals surface area contributed by atoms with Crippen LogP contribution in [0.1, 0.15) is 6.42 Å². The molecule has 0 heterocycles. The Morgan fingerprint density at radius 2 is 1.60 bits per heavy atom. The molecule has 7 nitrogen and oxygen atoms in total. The van der Waals surface area contributed by atoms with Gasteiger partial charge in [0.15, 0.2) is 0 Å². The van der Waals surface area contributed by atoms with E-state index >= 15 is 0 Å². The van der Waals surface area contributed by atoms with Crippen LogP contribution in [-0.2, 0) is 9.59 Å². The largest absolute Gasteiger partial charge is 0.481 e. The number of hydrogen-bond acceptors (Lipinski definition) is 5. The van der Waals surface area contributed by atoms with E-state index in [4.69, 9.17) is 21.7 Å². The van der Waals surface area contributed by atoms with Gasteiger partial charge < -0.3 is 21.7 Å². The Kier molecular flexibility index (Phi) is 6.59. The number of nitrogens with two attached hydrogens (primary N) is 2. The molecule has 0 radical (unpaired) electrons. The Morgan fingerprint density at radius 1 is 1.13 bits per heavy atom. The van der Waals surface area contributed by atoms with Crippen LogP contribution >= 0.6 is 0 Å². The van der Waals surface area contributed by atoms with E-state index in [-0.39, 0.29) is 13.1 Å². The van der Waals surface area contributed by atoms with Crippen molar-refractivity contribution in [3.05, 3.63) is 0 Å². The highest BCUT2D eigenvalue weighted by Crippen LogP contribution is 2.04. The molecule has 0 aliphatic carbocycles. The van der Waals surface area contributed by atoms with Gasteiger partial charge in [0, 0.05) is 26.2 Å². The van der Waals surface area contributed by atoms with Gasteiger partial charge in [0.1, 0.15) is 6.04 Å². The van der Waals surface area contributed by atoms with E-state index in [1.54, 1.807) is 0 Å². The first-order valence-electron chi connectivity index (χ1n) is 4.61. The predicted molar refractivity (Wildman–Crippen MR) is 53.4 cm³/mol. The normalized spacial score (nSPS) is 12.7. The zero-order valence-electron chi connectivity index (χ0n) is 8.43. The van der Waals surface area contributed by atoms with E-state index in [0.717, 1.165) is 0 Å². The van der Waals surface area contributed by atoms with Gasteiger partial charge in [-0.15, -0.1) is 0 Å². The highest BCUT2D eigenvalue weighted by molar-refractivity contribution is 5.80. The minimum Gasteiger partial charge on any atom is -0.481 e. The summed E-state index contributed by atoms with van der Waals surface area (Å²) in [6, 6.07) is -1.06. The maximum absolute atomic E-state index is 10.8. The third-order valence-corrected chi connectivity index (χ3v) is 1.93. The molecule has 0 aliphatic heterocycles. The van der Waals surface area contributed by atoms with Crippen molar-refractivity contribution < 1.29 is 19.8 Å². The van der Waals surface area contributed by atoms with Crippen LogP contribution in [0.3, 0.4) is 0 Å². The summed E-state index contributed by atoms with van der Waals surface area (Å²) < 4.78 is 0. The van der Waals surface area contributed by atoms with Crippen LogP contribution in [0.2, 0.25) is 0 Å². The number of carboxylic acids is 2. The van der Waals surface area contributed by atoms with Crippen molar-refractivity contribution in [1.82, 2.24) is 4.90 Å². The molecule has 0 bridgehead atoms. The topological polar surface area (TPSA) is 130 Å². The van der Waals surface area contributed by atoms with Gasteiger partial charge >= 0.3 is 11.9 Å². The van der Waals surface area contributed by atoms with Crippen LogP contribution in [0.25, 0.3) is 0 Å². The minimum atomic E-state index is -1.17. The van der Waals surface area contributed by atoms with Gasteiger partial charge in [-0.1, -0.05) is 0 Å². The van der Waals surface area contributed by atoms with Gasteiger partial charge in [0.2, 0.25) is 0 Å². The summed E-state index contributed by atoms with van der Waals surface area (Å²) in [6.45, 7) is 1.18. The second kappa shape index (κ2) is 7.16. The molecule has 0 amide bonds. The third-order valence-electron chi connectivity index (χ3n) is 1.93. The fraction of sp³-hybridized carbons (Fsp3) is 0.750. The Morgan fingerprint density at radius 3 is 1.87 bits per heavy atom. The van der Waals surface area contributed by atoms with E-state index in [2.05, 4.69) is 0 Å². The van der Waals surface area contributed by atoms with Crippen LogP contribution < -0.4 is 11.5 Å². The first-order chi connectivity index (χ1) is 7.02. The average molecular weight is 219 g/mol. The van der Waals surface area contributed by atoms with Crippen LogP contribution in [0.15, 0.2) is 0 Å². The lowest BCUT2D eigenvalue weighted by Gasteiger charge is -2.26. The number of carbonyl (C=O) groups is 2. The second-order valence-corrected chi connectivity index (χ2v) is 3.07. The minimum absolute atomic E-state index is 0.267. The molecule has 0 aromatic heterocycles. The first-order valence-corrected chi connectivity index (χ1v) is 4.61. The molecule has 0 saturated carbocycles. The molecule has 0 saturated heterocycles. The van der Waals surface area contributed by atoms with E-state index in [0.29, 0.717) is 13.1 Å². The molecule has 15 heavy (non-hydrogen) atoms. The molecule has 1 atom stereocenters. The van der Waals surface area contributed by atoms with Gasteiger partial charge in [0.05, 0.1) is 6.42 Å². The van der Waals surface area contributed by atoms with Crippen molar-refractivity contribution in [3.63, 3.8) is 0 Å². The molecule has 0 aromatic carbocycles. The van der Waals surface area contributed by atoms with Crippen molar-refractivity contribution in [2.45, 2.75) is 12.5 Å². The van der Waals surface area contributed by atoms with Crippen molar-refractivity contribution in [2.75, 3.05) is 26.2 Å². The summed E-state index contributed by atoms with van der Waals surface area (Å²) in [5.41, 5.74) is 10.6. The average Bonchev–Trinajstić information content (AvgIpc) is 2.13. The summed E-state index contributed by atoms with van der Waals surface area (Å²) in [5, 5.41) is 17.4. The molecule has 7 heteroatoms. The Balaban J connectivity index is 4.50. The smallest absolute Gasteiger partial charge is 0.321 e. The van der Waals surface area contributed by atoms with Gasteiger partial charge in [-0.2, -0.15) is 0 Å². The van der Waals surface area contributed by atoms with Crippen LogP contribution in [0.5, 0.6) is 0 Å². The van der Waals surface area contributed by atoms with Crippen LogP contribution in [0, 0.1) is 0 Å². The molecule has 0 spiro atoms. The van der Waals surface area contributed by atoms with Gasteiger partial charge in [-0.3, -0.25) is 14.5 Å². The van der Waals surface area contributed by atoms with E-state index in [1.807, 2.05) is 0 Å². The van der Waals surface area contributed by atoms with Crippen molar-refractivity contribution in [3.8, 4) is 0 Å². The monoisotopic (exact) mass is 219 g/mol. The van der Waals surface area contributed by atoms with E-state index in [1.165, 1.54) is 4.90 Å². The van der Waals surface area contributed by atoms with Gasteiger partial charge in [-0.05, 0) is 0 Å². The first kappa shape index (κ1) is 13.8. The molecule has 88 valence electrons. The van der Waals surface area contributed by atoms with Gasteiger partial charge in [0.25, 0.3) is 0 Å². The lowest BCUT2D eigenvalue weighted by Crippen LogP contribution is -2.47. The fourth-order valence-electron chi connectivity index (χ4n) is 1.29. The maximum atomic E-state index is 10.8. The maximum Gasteiger partial charge on any atom is 0.321 e. The number of nitrogens with zero attached hydrogens (tertiary/aromatic N) is 1. The Labute approximate surface area is 87.6 Å². The molecule has 6 N–H and O–H groups in total. The Bertz CT molecular complexity index is 216. The van der Waals surface area contributed by atoms with Crippen molar-refractivity contribution in [1.29, 1.82) is 0 Å². The molecule has 0 fully saturated rings. The highest BCUT2D eigenvalue weighted by atomic mass is 16.4. The SMILES string of the molecule is NCCN(CCN)C(CC(=O)O)C(=O)O. The lowest BCUT2D eigenvalue weighted by molar-refractivity contribution is -0.149. The van der Waals surface area contributed by atoms with E-state index < -0.39 is 24.4 Å². The molecule has 0 rings (SSSR count). The molecular weight excluding hydrogens is 202 g/mol. The second-order valence-electron chi connectivity index (χ2n) is 3.07. The third kappa shape index (κ3) is 5.31. The number of carboxylic acid groups (broad SMARTS) is 2. The molecule has 1 unspecified atom stereocenters. The standard InChI is InChI=1S/C8H17N3O4/c9-1-3-11(4-2-10)6(8(14)15)5-7(12)13/h6H,1-5,9-10H2,(H,12,13)(H,14,15). The summed E-state index contributed by atoms with van der Waals surface area (Å²) in [5.74, 6) is -2.32. The number of aliphatic carboxylic acids is 2. The fourth-order valence-corrected chi connectivity index (χ4v) is 1.29. The summed E-state index contributed by atoms with van der Waals surface area (Å²) in [6.07, 6.45) is -0.449. The number of rotatable bonds is 8. The molecule has 0 aliphatic rings. The van der Waals surface area contributed by atoms with Crippen molar-refractivity contribution in [2.24, 2.45) is 11.5 Å². The summed E-state index contributed by atoms with van der Waals surface area (Å²) in [7, 11) is 0. The zero-order valence-corrected chi connectivity index (χ0v) is 8.43. The predicted octanol–water partition coefficient (Wildman–Crippen LogP) is -1.87. The van der Waals surface area contributed by atoms with Crippen LogP contribution in [-0.4, -0.2) is 59.3 Å². The highest BCUT2D eigenvalue weighted by Gasteiger charge is 2.26. The molecule has 0 aromatic rings.